The maximum atomic E-state index is 4.69. The molecule has 0 fully saturated rings. The van der Waals surface area contributed by atoms with Gasteiger partial charge in [0.1, 0.15) is 0 Å². The van der Waals surface area contributed by atoms with Crippen LogP contribution in [0.4, 0.5) is 0 Å². The van der Waals surface area contributed by atoms with Crippen molar-refractivity contribution in [1.82, 2.24) is 0 Å². The molecule has 0 atom stereocenters. The van der Waals surface area contributed by atoms with Gasteiger partial charge in [0.25, 0.3) is 0 Å². The summed E-state index contributed by atoms with van der Waals surface area (Å²) in [5.74, 6) is 0. The van der Waals surface area contributed by atoms with E-state index in [1.54, 1.807) is 0 Å². The minimum absolute atomic E-state index is 0.0716. The van der Waals surface area contributed by atoms with E-state index in [1.165, 1.54) is 80.7 Å². The van der Waals surface area contributed by atoms with Gasteiger partial charge in [-0.3, -0.25) is 0 Å². The summed E-state index contributed by atoms with van der Waals surface area (Å²) >= 11 is 1.90. The van der Waals surface area contributed by atoms with Gasteiger partial charge in [-0.1, -0.05) is 136 Å². The van der Waals surface area contributed by atoms with E-state index in [4.69, 9.17) is 0 Å². The Bertz CT molecular complexity index is 2530. The molecular weight excluding hydrogens is 573 g/mol. The summed E-state index contributed by atoms with van der Waals surface area (Å²) in [4.78, 5) is 0. The van der Waals surface area contributed by atoms with E-state index >= 15 is 0 Å². The van der Waals surface area contributed by atoms with E-state index in [-0.39, 0.29) is 5.41 Å². The van der Waals surface area contributed by atoms with Gasteiger partial charge in [-0.2, -0.15) is 0 Å². The molecule has 0 unspecified atom stereocenters. The summed E-state index contributed by atoms with van der Waals surface area (Å²) in [6.07, 6.45) is 1.93. The Morgan fingerprint density at radius 2 is 1.20 bits per heavy atom. The van der Waals surface area contributed by atoms with Gasteiger partial charge in [0.15, 0.2) is 0 Å². The van der Waals surface area contributed by atoms with E-state index in [1.807, 2.05) is 17.4 Å². The van der Waals surface area contributed by atoms with Crippen molar-refractivity contribution in [1.29, 1.82) is 0 Å². The molecule has 1 aromatic heterocycles. The van der Waals surface area contributed by atoms with Crippen LogP contribution in [0.1, 0.15) is 41.7 Å². The van der Waals surface area contributed by atoms with Crippen LogP contribution in [0, 0.1) is 0 Å². The smallest absolute Gasteiger partial charge is 0.0358 e. The zero-order valence-electron chi connectivity index (χ0n) is 26.0. The molecule has 0 nitrogen and oxygen atoms in total. The van der Waals surface area contributed by atoms with Crippen molar-refractivity contribution in [2.45, 2.75) is 19.3 Å². The third-order valence-corrected chi connectivity index (χ3v) is 11.3. The van der Waals surface area contributed by atoms with E-state index in [0.29, 0.717) is 0 Å². The Hall–Kier alpha value is -5.24. The molecule has 1 heteroatoms. The summed E-state index contributed by atoms with van der Waals surface area (Å²) < 4.78 is 2.72. The fourth-order valence-corrected chi connectivity index (χ4v) is 9.10. The maximum absolute atomic E-state index is 4.69. The molecule has 7 aromatic carbocycles. The molecule has 8 aromatic rings. The Morgan fingerprint density at radius 3 is 1.91 bits per heavy atom. The quantitative estimate of drug-likeness (QED) is 0.175. The van der Waals surface area contributed by atoms with Crippen molar-refractivity contribution in [3.05, 3.63) is 168 Å². The molecule has 218 valence electrons. The number of rotatable bonds is 4. The van der Waals surface area contributed by atoms with Gasteiger partial charge in [-0.15, -0.1) is 11.3 Å². The largest absolute Gasteiger partial charge is 0.135 e. The number of benzene rings is 7. The van der Waals surface area contributed by atoms with E-state index in [0.717, 1.165) is 16.7 Å². The zero-order chi connectivity index (χ0) is 31.2. The van der Waals surface area contributed by atoms with Crippen LogP contribution in [0.25, 0.3) is 75.6 Å². The third kappa shape index (κ3) is 3.73. The molecule has 9 rings (SSSR count). The molecule has 1 aliphatic carbocycles. The highest BCUT2D eigenvalue weighted by atomic mass is 32.1. The Labute approximate surface area is 273 Å². The van der Waals surface area contributed by atoms with Crippen LogP contribution in [0.5, 0.6) is 0 Å². The zero-order valence-corrected chi connectivity index (χ0v) is 26.8. The molecule has 1 heterocycles. The van der Waals surface area contributed by atoms with Crippen LogP contribution in [0.15, 0.2) is 141 Å². The molecule has 1 aliphatic rings. The maximum Gasteiger partial charge on any atom is 0.0358 e. The van der Waals surface area contributed by atoms with Gasteiger partial charge in [-0.05, 0) is 101 Å². The predicted octanol–water partition coefficient (Wildman–Crippen LogP) is 13.0. The number of thiophene rings is 1. The molecule has 0 spiro atoms. The monoisotopic (exact) mass is 604 g/mol. The van der Waals surface area contributed by atoms with Crippen molar-refractivity contribution in [2.24, 2.45) is 0 Å². The molecular formula is C45H32S. The van der Waals surface area contributed by atoms with Crippen molar-refractivity contribution in [2.75, 3.05) is 0 Å². The first-order chi connectivity index (χ1) is 22.5. The summed E-state index contributed by atoms with van der Waals surface area (Å²) in [6, 6.07) is 47.0. The molecule has 0 radical (unpaired) electrons. The number of hydrogen-bond acceptors (Lipinski definition) is 1. The van der Waals surface area contributed by atoms with Crippen LogP contribution < -0.4 is 0 Å². The lowest BCUT2D eigenvalue weighted by Gasteiger charge is -2.22. The molecule has 0 saturated carbocycles. The van der Waals surface area contributed by atoms with Gasteiger partial charge in [0.05, 0.1) is 0 Å². The second kappa shape index (κ2) is 9.88. The van der Waals surface area contributed by atoms with Gasteiger partial charge in [0.2, 0.25) is 0 Å². The molecule has 0 aliphatic heterocycles. The van der Waals surface area contributed by atoms with Crippen molar-refractivity contribution >= 4 is 64.7 Å². The fraction of sp³-hybridized carbons (Fsp3) is 0.0667. The van der Waals surface area contributed by atoms with Crippen molar-refractivity contribution in [3.8, 4) is 22.3 Å². The van der Waals surface area contributed by atoms with Crippen LogP contribution in [0.2, 0.25) is 0 Å². The van der Waals surface area contributed by atoms with Crippen molar-refractivity contribution in [3.63, 3.8) is 0 Å². The summed E-state index contributed by atoms with van der Waals surface area (Å²) in [5, 5.41) is 7.61. The highest BCUT2D eigenvalue weighted by molar-refractivity contribution is 7.25. The molecule has 0 saturated heterocycles. The van der Waals surface area contributed by atoms with Crippen molar-refractivity contribution < 1.29 is 0 Å². The lowest BCUT2D eigenvalue weighted by atomic mass is 9.81. The van der Waals surface area contributed by atoms with E-state index in [9.17, 15) is 0 Å². The topological polar surface area (TPSA) is 0 Å². The lowest BCUT2D eigenvalue weighted by molar-refractivity contribution is 0.661. The van der Waals surface area contributed by atoms with Gasteiger partial charge >= 0.3 is 0 Å². The summed E-state index contributed by atoms with van der Waals surface area (Å²) in [6.45, 7) is 13.5. The van der Waals surface area contributed by atoms with Gasteiger partial charge < -0.3 is 0 Å². The second-order valence-corrected chi connectivity index (χ2v) is 14.1. The van der Waals surface area contributed by atoms with Crippen LogP contribution in [-0.2, 0) is 5.41 Å². The number of fused-ring (bicyclic) bond motifs is 8. The molecule has 46 heavy (non-hydrogen) atoms. The second-order valence-electron chi connectivity index (χ2n) is 13.0. The van der Waals surface area contributed by atoms with Gasteiger partial charge in [0, 0.05) is 25.6 Å². The minimum Gasteiger partial charge on any atom is -0.135 e. The standard InChI is InChI=1S/C45H32S/c1-5-28-14-6-7-15-30(28)27(2)43-32-17-8-10-19-34(32)44(35-20-11-9-18-33(35)43)29-22-23-39-36(24-29)37-25-38-31-16-12-13-21-41(31)46-42(38)26-40(37)45(39,3)4/h5-26H,1-2H2,3-4H3. The molecule has 0 N–H and O–H groups in total. The normalized spacial score (nSPS) is 13.3. The summed E-state index contributed by atoms with van der Waals surface area (Å²) in [5.41, 5.74) is 12.4. The first kappa shape index (κ1) is 27.1. The highest BCUT2D eigenvalue weighted by Crippen LogP contribution is 2.53. The Morgan fingerprint density at radius 1 is 0.587 bits per heavy atom. The summed E-state index contributed by atoms with van der Waals surface area (Å²) in [7, 11) is 0. The predicted molar refractivity (Wildman–Crippen MR) is 202 cm³/mol. The first-order valence-corrected chi connectivity index (χ1v) is 16.7. The Balaban J connectivity index is 1.32. The highest BCUT2D eigenvalue weighted by Gasteiger charge is 2.36. The minimum atomic E-state index is -0.0716. The molecule has 0 amide bonds. The Kier molecular flexibility index (Phi) is 5.82. The number of hydrogen-bond donors (Lipinski definition) is 0. The first-order valence-electron chi connectivity index (χ1n) is 15.9. The van der Waals surface area contributed by atoms with Crippen LogP contribution in [-0.4, -0.2) is 0 Å². The van der Waals surface area contributed by atoms with E-state index < -0.39 is 0 Å². The SMILES string of the molecule is C=Cc1ccccc1C(=C)c1c2ccccc2c(-c2ccc3c(c2)-c2cc4c(cc2C3(C)C)sc2ccccc24)c2ccccc12. The fourth-order valence-electron chi connectivity index (χ4n) is 7.97. The third-order valence-electron chi connectivity index (χ3n) is 10.2. The van der Waals surface area contributed by atoms with Gasteiger partial charge in [-0.25, -0.2) is 0 Å². The molecule has 0 bridgehead atoms. The van der Waals surface area contributed by atoms with Crippen LogP contribution >= 0.6 is 11.3 Å². The average Bonchev–Trinajstić information content (AvgIpc) is 3.56. The van der Waals surface area contributed by atoms with Crippen LogP contribution in [0.3, 0.4) is 0 Å². The average molecular weight is 605 g/mol. The van der Waals surface area contributed by atoms with E-state index in [2.05, 4.69) is 154 Å². The lowest BCUT2D eigenvalue weighted by Crippen LogP contribution is -2.14.